The SMILES string of the molecule is N#CC(C#N)=C1C(=O)N(c2ccccc2)N=C1c1ccccc1. The number of allylic oxidation sites excluding steroid dienone is 1. The first-order valence-corrected chi connectivity index (χ1v) is 6.84. The fourth-order valence-electron chi connectivity index (χ4n) is 2.31. The van der Waals surface area contributed by atoms with Gasteiger partial charge in [0.15, 0.2) is 0 Å². The van der Waals surface area contributed by atoms with E-state index in [-0.39, 0.29) is 11.1 Å². The van der Waals surface area contributed by atoms with Crippen LogP contribution in [0.1, 0.15) is 5.56 Å². The van der Waals surface area contributed by atoms with E-state index < -0.39 is 5.91 Å². The Morgan fingerprint density at radius 3 is 2.04 bits per heavy atom. The van der Waals surface area contributed by atoms with Gasteiger partial charge in [0.1, 0.15) is 23.4 Å². The fourth-order valence-corrected chi connectivity index (χ4v) is 2.31. The zero-order valence-corrected chi connectivity index (χ0v) is 12.0. The molecule has 0 saturated carbocycles. The summed E-state index contributed by atoms with van der Waals surface area (Å²) in [5.74, 6) is -0.479. The number of rotatable bonds is 2. The zero-order chi connectivity index (χ0) is 16.2. The Bertz CT molecular complexity index is 884. The van der Waals surface area contributed by atoms with Crippen molar-refractivity contribution in [3.63, 3.8) is 0 Å². The zero-order valence-electron chi connectivity index (χ0n) is 12.0. The van der Waals surface area contributed by atoms with Crippen LogP contribution >= 0.6 is 0 Å². The molecule has 1 amide bonds. The van der Waals surface area contributed by atoms with E-state index in [1.807, 2.05) is 24.3 Å². The molecule has 1 aliphatic rings. The van der Waals surface area contributed by atoms with Crippen molar-refractivity contribution in [1.29, 1.82) is 10.5 Å². The molecule has 0 atom stereocenters. The van der Waals surface area contributed by atoms with Crippen LogP contribution in [-0.4, -0.2) is 11.6 Å². The third-order valence-corrected chi connectivity index (χ3v) is 3.36. The third kappa shape index (κ3) is 2.48. The number of hydrogen-bond acceptors (Lipinski definition) is 4. The summed E-state index contributed by atoms with van der Waals surface area (Å²) in [4.78, 5) is 12.7. The number of para-hydroxylation sites is 1. The first-order valence-electron chi connectivity index (χ1n) is 6.84. The molecule has 108 valence electrons. The molecule has 1 aliphatic heterocycles. The van der Waals surface area contributed by atoms with Crippen LogP contribution in [0.2, 0.25) is 0 Å². The highest BCUT2D eigenvalue weighted by Crippen LogP contribution is 2.27. The summed E-state index contributed by atoms with van der Waals surface area (Å²) in [6, 6.07) is 21.5. The van der Waals surface area contributed by atoms with Crippen molar-refractivity contribution >= 4 is 17.3 Å². The van der Waals surface area contributed by atoms with Crippen molar-refractivity contribution in [1.82, 2.24) is 0 Å². The lowest BCUT2D eigenvalue weighted by Crippen LogP contribution is -2.22. The molecule has 5 nitrogen and oxygen atoms in total. The van der Waals surface area contributed by atoms with Gasteiger partial charge in [0, 0.05) is 5.56 Å². The Morgan fingerprint density at radius 2 is 1.48 bits per heavy atom. The van der Waals surface area contributed by atoms with Crippen LogP contribution in [0.3, 0.4) is 0 Å². The van der Waals surface area contributed by atoms with E-state index >= 15 is 0 Å². The molecule has 3 rings (SSSR count). The molecule has 0 radical (unpaired) electrons. The maximum absolute atomic E-state index is 12.7. The Balaban J connectivity index is 2.20. The normalized spacial score (nSPS) is 13.3. The molecule has 0 unspecified atom stereocenters. The van der Waals surface area contributed by atoms with E-state index in [9.17, 15) is 4.79 Å². The number of nitriles is 2. The van der Waals surface area contributed by atoms with Crippen molar-refractivity contribution in [3.05, 3.63) is 77.4 Å². The number of hydrogen-bond donors (Lipinski definition) is 0. The second-order valence-electron chi connectivity index (χ2n) is 4.74. The molecule has 0 spiro atoms. The Hall–Kier alpha value is -3.70. The summed E-state index contributed by atoms with van der Waals surface area (Å²) in [7, 11) is 0. The highest BCUT2D eigenvalue weighted by molar-refractivity contribution is 6.36. The van der Waals surface area contributed by atoms with Crippen molar-refractivity contribution in [2.75, 3.05) is 5.01 Å². The van der Waals surface area contributed by atoms with Crippen LogP contribution in [0, 0.1) is 22.7 Å². The van der Waals surface area contributed by atoms with Crippen LogP contribution in [0.15, 0.2) is 76.9 Å². The van der Waals surface area contributed by atoms with Crippen LogP contribution in [0.25, 0.3) is 0 Å². The summed E-state index contributed by atoms with van der Waals surface area (Å²) in [5.41, 5.74) is 1.38. The van der Waals surface area contributed by atoms with Gasteiger partial charge in [0.05, 0.1) is 11.3 Å². The van der Waals surface area contributed by atoms with Crippen LogP contribution in [0.4, 0.5) is 5.69 Å². The topological polar surface area (TPSA) is 80.2 Å². The van der Waals surface area contributed by atoms with Gasteiger partial charge in [0.2, 0.25) is 0 Å². The average Bonchev–Trinajstić information content (AvgIpc) is 2.95. The number of amides is 1. The largest absolute Gasteiger partial charge is 0.283 e. The molecular weight excluding hydrogens is 288 g/mol. The monoisotopic (exact) mass is 298 g/mol. The van der Waals surface area contributed by atoms with E-state index in [1.165, 1.54) is 5.01 Å². The van der Waals surface area contributed by atoms with E-state index in [4.69, 9.17) is 10.5 Å². The number of hydrazone groups is 1. The lowest BCUT2D eigenvalue weighted by Gasteiger charge is -2.10. The molecule has 0 saturated heterocycles. The van der Waals surface area contributed by atoms with Gasteiger partial charge in [-0.05, 0) is 12.1 Å². The molecule has 0 fully saturated rings. The third-order valence-electron chi connectivity index (χ3n) is 3.36. The van der Waals surface area contributed by atoms with Crippen molar-refractivity contribution in [2.24, 2.45) is 5.10 Å². The number of benzene rings is 2. The first-order chi connectivity index (χ1) is 11.3. The van der Waals surface area contributed by atoms with Crippen molar-refractivity contribution in [3.8, 4) is 12.1 Å². The predicted octanol–water partition coefficient (Wildman–Crippen LogP) is 2.78. The number of anilines is 1. The van der Waals surface area contributed by atoms with Gasteiger partial charge in [-0.1, -0.05) is 48.5 Å². The highest BCUT2D eigenvalue weighted by Gasteiger charge is 2.34. The summed E-state index contributed by atoms with van der Waals surface area (Å²) in [6.45, 7) is 0. The Morgan fingerprint density at radius 1 is 0.913 bits per heavy atom. The summed E-state index contributed by atoms with van der Waals surface area (Å²) >= 11 is 0. The molecule has 0 bridgehead atoms. The van der Waals surface area contributed by atoms with Gasteiger partial charge in [-0.15, -0.1) is 0 Å². The minimum atomic E-state index is -0.479. The predicted molar refractivity (Wildman–Crippen MR) is 85.2 cm³/mol. The first kappa shape index (κ1) is 14.2. The maximum atomic E-state index is 12.7. The number of carbonyl (C=O) groups excluding carboxylic acids is 1. The van der Waals surface area contributed by atoms with Gasteiger partial charge < -0.3 is 0 Å². The standard InChI is InChI=1S/C18H10N4O/c19-11-14(12-20)16-17(13-7-3-1-4-8-13)21-22(18(16)23)15-9-5-2-6-10-15/h1-10H. The minimum Gasteiger partial charge on any atom is -0.267 e. The smallest absolute Gasteiger partial charge is 0.267 e. The average molecular weight is 298 g/mol. The van der Waals surface area contributed by atoms with Gasteiger partial charge in [-0.25, -0.2) is 0 Å². The van der Waals surface area contributed by atoms with Gasteiger partial charge >= 0.3 is 0 Å². The molecule has 0 N–H and O–H groups in total. The second-order valence-corrected chi connectivity index (χ2v) is 4.74. The summed E-state index contributed by atoms with van der Waals surface area (Å²) in [5, 5.41) is 23.9. The fraction of sp³-hybridized carbons (Fsp3) is 0. The Labute approximate surface area is 133 Å². The van der Waals surface area contributed by atoms with Gasteiger partial charge in [-0.2, -0.15) is 20.6 Å². The lowest BCUT2D eigenvalue weighted by molar-refractivity contribution is -0.114. The molecule has 1 heterocycles. The minimum absolute atomic E-state index is 0.0325. The van der Waals surface area contributed by atoms with Crippen LogP contribution < -0.4 is 5.01 Å². The lowest BCUT2D eigenvalue weighted by atomic mass is 9.99. The van der Waals surface area contributed by atoms with Crippen LogP contribution in [-0.2, 0) is 4.79 Å². The van der Waals surface area contributed by atoms with E-state index in [0.29, 0.717) is 17.0 Å². The van der Waals surface area contributed by atoms with E-state index in [1.54, 1.807) is 48.5 Å². The number of carbonyl (C=O) groups is 1. The molecule has 5 heteroatoms. The van der Waals surface area contributed by atoms with E-state index in [2.05, 4.69) is 5.10 Å². The van der Waals surface area contributed by atoms with Gasteiger partial charge in [-0.3, -0.25) is 4.79 Å². The molecule has 0 aromatic heterocycles. The van der Waals surface area contributed by atoms with Crippen LogP contribution in [0.5, 0.6) is 0 Å². The molecule has 23 heavy (non-hydrogen) atoms. The van der Waals surface area contributed by atoms with E-state index in [0.717, 1.165) is 0 Å². The highest BCUT2D eigenvalue weighted by atomic mass is 16.2. The quantitative estimate of drug-likeness (QED) is 0.631. The van der Waals surface area contributed by atoms with Gasteiger partial charge in [0.25, 0.3) is 5.91 Å². The summed E-state index contributed by atoms with van der Waals surface area (Å²) in [6.07, 6.45) is 0. The molecular formula is C18H10N4O. The number of nitrogens with zero attached hydrogens (tertiary/aromatic N) is 4. The molecule has 2 aromatic rings. The molecule has 0 aliphatic carbocycles. The maximum Gasteiger partial charge on any atom is 0.283 e. The van der Waals surface area contributed by atoms with Crippen molar-refractivity contribution in [2.45, 2.75) is 0 Å². The summed E-state index contributed by atoms with van der Waals surface area (Å²) < 4.78 is 0. The second kappa shape index (κ2) is 5.97. The Kier molecular flexibility index (Phi) is 3.70. The van der Waals surface area contributed by atoms with Crippen molar-refractivity contribution < 1.29 is 4.79 Å². The molecule has 2 aromatic carbocycles.